The molecule has 0 spiro atoms. The van der Waals surface area contributed by atoms with Crippen LogP contribution in [0.2, 0.25) is 5.02 Å². The molecular formula is C27H29ClN4O3. The lowest BCUT2D eigenvalue weighted by molar-refractivity contribution is 0.0358. The van der Waals surface area contributed by atoms with Crippen LogP contribution in [0.3, 0.4) is 0 Å². The number of oxime groups is 1. The van der Waals surface area contributed by atoms with Crippen molar-refractivity contribution in [1.82, 2.24) is 9.88 Å². The summed E-state index contributed by atoms with van der Waals surface area (Å²) in [7, 11) is 0. The van der Waals surface area contributed by atoms with Crippen LogP contribution in [0.1, 0.15) is 25.3 Å². The van der Waals surface area contributed by atoms with E-state index >= 15 is 0 Å². The number of hydrogen-bond donors (Lipinski definition) is 1. The molecule has 1 saturated heterocycles. The monoisotopic (exact) mass is 492 g/mol. The summed E-state index contributed by atoms with van der Waals surface area (Å²) in [5.41, 5.74) is 5.02. The minimum absolute atomic E-state index is 0.512. The van der Waals surface area contributed by atoms with Crippen molar-refractivity contribution in [2.24, 2.45) is 5.16 Å². The summed E-state index contributed by atoms with van der Waals surface area (Å²) in [5.74, 6) is 0. The smallest absolute Gasteiger partial charge is 0.230 e. The van der Waals surface area contributed by atoms with Gasteiger partial charge >= 0.3 is 0 Å². The van der Waals surface area contributed by atoms with Crippen LogP contribution in [0.25, 0.3) is 22.0 Å². The summed E-state index contributed by atoms with van der Waals surface area (Å²) >= 11 is 6.42. The molecule has 0 atom stereocenters. The minimum atomic E-state index is 0.512. The Morgan fingerprint density at radius 2 is 1.91 bits per heavy atom. The van der Waals surface area contributed by atoms with Crippen molar-refractivity contribution in [2.75, 3.05) is 44.8 Å². The number of morpholine rings is 1. The van der Waals surface area contributed by atoms with Crippen LogP contribution in [0.5, 0.6) is 0 Å². The van der Waals surface area contributed by atoms with Gasteiger partial charge in [-0.15, -0.1) is 0 Å². The maximum atomic E-state index is 6.42. The van der Waals surface area contributed by atoms with Gasteiger partial charge in [-0.3, -0.25) is 4.90 Å². The molecule has 1 N–H and O–H groups in total. The number of anilines is 2. The Labute approximate surface area is 209 Å². The molecule has 1 fully saturated rings. The molecule has 1 aliphatic heterocycles. The summed E-state index contributed by atoms with van der Waals surface area (Å²) in [6, 6.07) is 16.0. The Bertz CT molecular complexity index is 1310. The minimum Gasteiger partial charge on any atom is -0.444 e. The van der Waals surface area contributed by atoms with Gasteiger partial charge in [0.1, 0.15) is 12.9 Å². The molecule has 0 unspecified atom stereocenters. The van der Waals surface area contributed by atoms with Gasteiger partial charge in [-0.25, -0.2) is 4.98 Å². The standard InChI is InChI=1S/C27H29ClN4O3/c1-19(31-35-15-5-4-12-32-13-16-33-17-14-32)20-8-10-21(11-9-20)29-26-22-6-2-3-7-24(22)30-27-25(26)23(28)18-34-27/h2-3,6-11,18H,4-5,12-17H2,1H3,(H,29,30). The molecule has 1 aliphatic rings. The van der Waals surface area contributed by atoms with Gasteiger partial charge in [-0.2, -0.15) is 0 Å². The molecule has 0 radical (unpaired) electrons. The molecule has 4 aromatic rings. The van der Waals surface area contributed by atoms with Crippen LogP contribution in [0.15, 0.2) is 64.4 Å². The SMILES string of the molecule is CC(=NOCCCCN1CCOCC1)c1ccc(Nc2c3ccccc3nc3occ(Cl)c23)cc1. The quantitative estimate of drug-likeness (QED) is 0.169. The third-order valence-electron chi connectivity index (χ3n) is 6.21. The van der Waals surface area contributed by atoms with Gasteiger partial charge in [0.15, 0.2) is 0 Å². The number of ether oxygens (including phenoxy) is 1. The Morgan fingerprint density at radius 1 is 1.11 bits per heavy atom. The summed E-state index contributed by atoms with van der Waals surface area (Å²) in [6.45, 7) is 7.41. The number of benzene rings is 2. The maximum Gasteiger partial charge on any atom is 0.230 e. The number of halogens is 1. The van der Waals surface area contributed by atoms with Gasteiger partial charge in [-0.1, -0.05) is 47.1 Å². The first-order valence-electron chi connectivity index (χ1n) is 12.0. The number of pyridine rings is 1. The molecule has 0 saturated carbocycles. The van der Waals surface area contributed by atoms with Crippen molar-refractivity contribution in [3.63, 3.8) is 0 Å². The fourth-order valence-electron chi connectivity index (χ4n) is 4.25. The van der Waals surface area contributed by atoms with E-state index in [2.05, 4.69) is 20.4 Å². The number of para-hydroxylation sites is 1. The van der Waals surface area contributed by atoms with Crippen LogP contribution >= 0.6 is 11.6 Å². The number of nitrogens with zero attached hydrogens (tertiary/aromatic N) is 3. The van der Waals surface area contributed by atoms with Crippen molar-refractivity contribution in [2.45, 2.75) is 19.8 Å². The Hall–Kier alpha value is -3.13. The van der Waals surface area contributed by atoms with Crippen molar-refractivity contribution >= 4 is 50.7 Å². The molecule has 2 aromatic carbocycles. The van der Waals surface area contributed by atoms with Gasteiger partial charge in [-0.05, 0) is 50.1 Å². The average Bonchev–Trinajstić information content (AvgIpc) is 3.27. The Balaban J connectivity index is 1.20. The molecule has 0 bridgehead atoms. The molecule has 0 amide bonds. The van der Waals surface area contributed by atoms with E-state index in [4.69, 9.17) is 25.6 Å². The van der Waals surface area contributed by atoms with Crippen LogP contribution in [-0.4, -0.2) is 55.1 Å². The van der Waals surface area contributed by atoms with Crippen molar-refractivity contribution in [1.29, 1.82) is 0 Å². The summed E-state index contributed by atoms with van der Waals surface area (Å²) in [5, 5.41) is 10.1. The van der Waals surface area contributed by atoms with Crippen molar-refractivity contribution in [3.05, 3.63) is 65.4 Å². The van der Waals surface area contributed by atoms with E-state index in [0.29, 0.717) is 17.3 Å². The van der Waals surface area contributed by atoms with E-state index in [9.17, 15) is 0 Å². The zero-order valence-corrected chi connectivity index (χ0v) is 20.6. The highest BCUT2D eigenvalue weighted by atomic mass is 35.5. The number of aromatic nitrogens is 1. The molecular weight excluding hydrogens is 464 g/mol. The molecule has 5 rings (SSSR count). The largest absolute Gasteiger partial charge is 0.444 e. The summed E-state index contributed by atoms with van der Waals surface area (Å²) < 4.78 is 10.9. The molecule has 2 aromatic heterocycles. The van der Waals surface area contributed by atoms with Crippen LogP contribution in [0.4, 0.5) is 11.4 Å². The van der Waals surface area contributed by atoms with Gasteiger partial charge in [0.05, 0.1) is 40.5 Å². The van der Waals surface area contributed by atoms with Gasteiger partial charge in [0.25, 0.3) is 0 Å². The second kappa shape index (κ2) is 11.1. The molecule has 182 valence electrons. The summed E-state index contributed by atoms with van der Waals surface area (Å²) in [4.78, 5) is 12.6. The van der Waals surface area contributed by atoms with Gasteiger partial charge in [0.2, 0.25) is 5.71 Å². The van der Waals surface area contributed by atoms with Crippen LogP contribution in [-0.2, 0) is 9.57 Å². The Morgan fingerprint density at radius 3 is 2.74 bits per heavy atom. The lowest BCUT2D eigenvalue weighted by Crippen LogP contribution is -2.36. The number of rotatable bonds is 9. The summed E-state index contributed by atoms with van der Waals surface area (Å²) in [6.07, 6.45) is 3.61. The lowest BCUT2D eigenvalue weighted by atomic mass is 10.1. The van der Waals surface area contributed by atoms with Crippen LogP contribution in [0, 0.1) is 0 Å². The fraction of sp³-hybridized carbons (Fsp3) is 0.333. The predicted octanol–water partition coefficient (Wildman–Crippen LogP) is 6.23. The van der Waals surface area contributed by atoms with Crippen LogP contribution < -0.4 is 5.32 Å². The second-order valence-corrected chi connectivity index (χ2v) is 9.05. The van der Waals surface area contributed by atoms with Gasteiger partial charge < -0.3 is 19.3 Å². The number of unbranched alkanes of at least 4 members (excludes halogenated alkanes) is 1. The van der Waals surface area contributed by atoms with Crippen molar-refractivity contribution < 1.29 is 14.0 Å². The number of hydrogen-bond acceptors (Lipinski definition) is 7. The molecule has 7 nitrogen and oxygen atoms in total. The lowest BCUT2D eigenvalue weighted by Gasteiger charge is -2.26. The second-order valence-electron chi connectivity index (χ2n) is 8.64. The van der Waals surface area contributed by atoms with E-state index in [0.717, 1.165) is 84.6 Å². The third kappa shape index (κ3) is 5.59. The van der Waals surface area contributed by atoms with E-state index in [1.54, 1.807) is 0 Å². The number of fused-ring (bicyclic) bond motifs is 2. The Kier molecular flexibility index (Phi) is 7.47. The first kappa shape index (κ1) is 23.6. The zero-order chi connectivity index (χ0) is 24.0. The normalized spacial score (nSPS) is 15.1. The molecule has 3 heterocycles. The maximum absolute atomic E-state index is 6.42. The van der Waals surface area contributed by atoms with E-state index in [-0.39, 0.29) is 0 Å². The highest BCUT2D eigenvalue weighted by molar-refractivity contribution is 6.37. The molecule has 8 heteroatoms. The van der Waals surface area contributed by atoms with Gasteiger partial charge in [0, 0.05) is 24.2 Å². The van der Waals surface area contributed by atoms with Crippen molar-refractivity contribution in [3.8, 4) is 0 Å². The predicted molar refractivity (Wildman–Crippen MR) is 141 cm³/mol. The van der Waals surface area contributed by atoms with E-state index in [1.807, 2.05) is 55.5 Å². The number of furan rings is 1. The first-order chi connectivity index (χ1) is 17.2. The highest BCUT2D eigenvalue weighted by Gasteiger charge is 2.15. The number of nitrogens with one attached hydrogen (secondary N) is 1. The van der Waals surface area contributed by atoms with E-state index in [1.165, 1.54) is 6.26 Å². The van der Waals surface area contributed by atoms with E-state index < -0.39 is 0 Å². The highest BCUT2D eigenvalue weighted by Crippen LogP contribution is 2.38. The molecule has 35 heavy (non-hydrogen) atoms. The fourth-order valence-corrected chi connectivity index (χ4v) is 4.47. The topological polar surface area (TPSA) is 72.1 Å². The zero-order valence-electron chi connectivity index (χ0n) is 19.8. The average molecular weight is 493 g/mol. The first-order valence-corrected chi connectivity index (χ1v) is 12.4. The molecule has 0 aliphatic carbocycles. The third-order valence-corrected chi connectivity index (χ3v) is 6.49.